The predicted molar refractivity (Wildman–Crippen MR) is 237 cm³/mol. The number of cyclic esters (lactones) is 1. The summed E-state index contributed by atoms with van der Waals surface area (Å²) in [4.78, 5) is 63.6. The maximum absolute atomic E-state index is 15.1. The fraction of sp³-hybridized carbons (Fsp3) is 0.553. The van der Waals surface area contributed by atoms with Crippen LogP contribution in [0.1, 0.15) is 95.6 Å². The highest BCUT2D eigenvalue weighted by Gasteiger charge is 2.62. The van der Waals surface area contributed by atoms with Crippen LogP contribution in [0, 0.1) is 17.3 Å². The smallest absolute Gasteiger partial charge is 0.407 e. The topological polar surface area (TPSA) is 194 Å². The summed E-state index contributed by atoms with van der Waals surface area (Å²) in [6, 6.07) is 13.6. The molecule has 8 rings (SSSR count). The van der Waals surface area contributed by atoms with Crippen LogP contribution >= 0.6 is 0 Å². The van der Waals surface area contributed by atoms with Gasteiger partial charge in [0.2, 0.25) is 21.8 Å². The van der Waals surface area contributed by atoms with Crippen molar-refractivity contribution in [3.8, 4) is 11.5 Å². The minimum Gasteiger partial charge on any atom is -0.496 e. The number of hydrogen-bond acceptors (Lipinski definition) is 11. The highest BCUT2D eigenvalue weighted by molar-refractivity contribution is 7.91. The van der Waals surface area contributed by atoms with E-state index in [1.807, 2.05) is 62.4 Å². The number of nitrogens with one attached hydrogen (secondary N) is 4. The number of rotatable bonds is 11. The Morgan fingerprint density at radius 1 is 1.05 bits per heavy atom. The molecule has 0 spiro atoms. The van der Waals surface area contributed by atoms with Gasteiger partial charge in [-0.15, -0.1) is 6.58 Å². The Morgan fingerprint density at radius 2 is 1.81 bits per heavy atom. The summed E-state index contributed by atoms with van der Waals surface area (Å²) in [5.41, 5.74) is 0.686. The van der Waals surface area contributed by atoms with E-state index in [-0.39, 0.29) is 37.3 Å². The van der Waals surface area contributed by atoms with Gasteiger partial charge in [0.25, 0.3) is 5.91 Å². The maximum Gasteiger partial charge on any atom is 0.407 e. The van der Waals surface area contributed by atoms with E-state index in [4.69, 9.17) is 19.2 Å². The first-order chi connectivity index (χ1) is 30.2. The average molecular weight is 885 g/mol. The van der Waals surface area contributed by atoms with E-state index in [1.165, 1.54) is 11.0 Å². The summed E-state index contributed by atoms with van der Waals surface area (Å²) in [6.45, 7) is 8.53. The third-order valence-electron chi connectivity index (χ3n) is 13.4. The molecule has 3 aliphatic carbocycles. The number of pyridine rings is 1. The van der Waals surface area contributed by atoms with Crippen LogP contribution in [0.4, 0.5) is 10.6 Å². The SMILES string of the molecule is C=CC1C[C@]1(NC(=O)[C@@H]1C[C@@H]2CN1C(=O)[C@H](C1CCCCC1)NC(=O)OCC(C)(C)CCCc1cc3c(cc(NCc4ccccc4)nc3cc1OC)O2)C(=O)NS(=O)(=O)C1CC1. The zero-order chi connectivity index (χ0) is 44.5. The van der Waals surface area contributed by atoms with Crippen LogP contribution in [0.15, 0.2) is 61.2 Å². The van der Waals surface area contributed by atoms with E-state index in [0.717, 1.165) is 48.6 Å². The number of anilines is 1. The number of amides is 4. The molecule has 1 aromatic heterocycles. The molecule has 3 aromatic rings. The van der Waals surface area contributed by atoms with Crippen molar-refractivity contribution in [2.24, 2.45) is 17.3 Å². The Hall–Kier alpha value is -5.38. The normalized spacial score (nSPS) is 26.6. The molecule has 0 radical (unpaired) electrons. The minimum absolute atomic E-state index is 0.0103. The van der Waals surface area contributed by atoms with Gasteiger partial charge < -0.3 is 35.1 Å². The molecule has 4 fully saturated rings. The summed E-state index contributed by atoms with van der Waals surface area (Å²) in [5, 5.41) is 9.32. The summed E-state index contributed by atoms with van der Waals surface area (Å²) in [7, 11) is -2.29. The fourth-order valence-electron chi connectivity index (χ4n) is 9.49. The molecule has 4 amide bonds. The number of carbonyl (C=O) groups is 4. The quantitative estimate of drug-likeness (QED) is 0.167. The zero-order valence-electron chi connectivity index (χ0n) is 36.5. The third kappa shape index (κ3) is 9.90. The molecule has 5 aliphatic rings. The highest BCUT2D eigenvalue weighted by Crippen LogP contribution is 2.46. The molecular weight excluding hydrogens is 825 g/mol. The van der Waals surface area contributed by atoms with Gasteiger partial charge in [-0.2, -0.15) is 0 Å². The van der Waals surface area contributed by atoms with Gasteiger partial charge in [-0.1, -0.05) is 69.5 Å². The second kappa shape index (κ2) is 18.0. The Kier molecular flexibility index (Phi) is 12.6. The van der Waals surface area contributed by atoms with Crippen molar-refractivity contribution >= 4 is 50.6 Å². The highest BCUT2D eigenvalue weighted by atomic mass is 32.2. The third-order valence-corrected chi connectivity index (χ3v) is 15.3. The summed E-state index contributed by atoms with van der Waals surface area (Å²) < 4.78 is 46.6. The Labute approximate surface area is 369 Å². The van der Waals surface area contributed by atoms with Crippen molar-refractivity contribution in [2.45, 2.75) is 126 Å². The molecule has 1 unspecified atom stereocenters. The molecule has 338 valence electrons. The lowest BCUT2D eigenvalue weighted by Gasteiger charge is -2.35. The lowest BCUT2D eigenvalue weighted by atomic mass is 9.83. The van der Waals surface area contributed by atoms with Gasteiger partial charge in [0.05, 0.1) is 31.0 Å². The van der Waals surface area contributed by atoms with Crippen LogP contribution in [-0.4, -0.2) is 91.4 Å². The molecule has 4 N–H and O–H groups in total. The van der Waals surface area contributed by atoms with Crippen LogP contribution in [0.5, 0.6) is 11.5 Å². The molecular formula is C47H60N6O9S. The summed E-state index contributed by atoms with van der Waals surface area (Å²) in [5.74, 6) is -0.906. The number of hydrogen-bond donors (Lipinski definition) is 4. The first-order valence-electron chi connectivity index (χ1n) is 22.4. The molecule has 15 nitrogen and oxygen atoms in total. The Bertz CT molecular complexity index is 2350. The van der Waals surface area contributed by atoms with E-state index < -0.39 is 68.7 Å². The zero-order valence-corrected chi connectivity index (χ0v) is 37.3. The van der Waals surface area contributed by atoms with Crippen molar-refractivity contribution in [2.75, 3.05) is 25.6 Å². The standard InChI is InChI=1S/C47H60N6O9S/c1-5-32-25-47(32,44(56)52-63(58,59)34-18-19-34)51-42(54)37-22-33-27-53(37)43(55)41(30-15-10-7-11-16-30)50-45(57)61-28-46(2,3)20-12-17-31-21-35-36(23-38(31)60-4)49-40(24-39(35)62-33)48-26-29-13-8-6-9-14-29/h5-6,8-9,13-14,21,23-24,30,32-34,37,41H,1,7,10-12,15-20,22,25-28H2,2-4H3,(H,48,49)(H,50,57)(H,51,54)(H,52,56)/t32?,33-,37+,41+,47-/m1/s1. The van der Waals surface area contributed by atoms with Gasteiger partial charge in [-0.25, -0.2) is 18.2 Å². The van der Waals surface area contributed by atoms with Crippen LogP contribution in [0.3, 0.4) is 0 Å². The van der Waals surface area contributed by atoms with Gasteiger partial charge in [-0.3, -0.25) is 19.1 Å². The Morgan fingerprint density at radius 3 is 2.51 bits per heavy atom. The molecule has 2 aliphatic heterocycles. The molecule has 1 saturated heterocycles. The number of carbonyl (C=O) groups excluding carboxylic acids is 4. The van der Waals surface area contributed by atoms with Crippen molar-refractivity contribution in [3.63, 3.8) is 0 Å². The van der Waals surface area contributed by atoms with E-state index in [0.29, 0.717) is 61.5 Å². The van der Waals surface area contributed by atoms with Gasteiger partial charge in [0.15, 0.2) is 0 Å². The van der Waals surface area contributed by atoms with Crippen LogP contribution in [0.25, 0.3) is 10.9 Å². The predicted octanol–water partition coefficient (Wildman–Crippen LogP) is 5.91. The monoisotopic (exact) mass is 884 g/mol. The van der Waals surface area contributed by atoms with Crippen molar-refractivity contribution in [1.82, 2.24) is 25.2 Å². The average Bonchev–Trinajstić information content (AvgIpc) is 4.21. The number of fused-ring (bicyclic) bond motifs is 3. The van der Waals surface area contributed by atoms with Crippen molar-refractivity contribution in [3.05, 3.63) is 72.3 Å². The van der Waals surface area contributed by atoms with Crippen LogP contribution < -0.4 is 30.1 Å². The second-order valence-electron chi connectivity index (χ2n) is 18.8. The summed E-state index contributed by atoms with van der Waals surface area (Å²) in [6.07, 6.45) is 7.62. The fourth-order valence-corrected chi connectivity index (χ4v) is 10.9. The molecule has 2 aromatic carbocycles. The molecule has 3 heterocycles. The van der Waals surface area contributed by atoms with E-state index in [9.17, 15) is 22.8 Å². The first kappa shape index (κ1) is 44.2. The van der Waals surface area contributed by atoms with Gasteiger partial charge in [-0.05, 0) is 79.9 Å². The summed E-state index contributed by atoms with van der Waals surface area (Å²) >= 11 is 0. The second-order valence-corrected chi connectivity index (χ2v) is 20.8. The molecule has 4 bridgehead atoms. The van der Waals surface area contributed by atoms with Crippen LogP contribution in [-0.2, 0) is 42.1 Å². The Balaban J connectivity index is 1.17. The number of benzene rings is 2. The number of sulfonamides is 1. The number of aryl methyl sites for hydroxylation is 1. The molecule has 63 heavy (non-hydrogen) atoms. The lowest BCUT2D eigenvalue weighted by Crippen LogP contribution is -2.59. The van der Waals surface area contributed by atoms with Gasteiger partial charge >= 0.3 is 6.09 Å². The first-order valence-corrected chi connectivity index (χ1v) is 23.9. The van der Waals surface area contributed by atoms with Gasteiger partial charge in [0, 0.05) is 36.4 Å². The van der Waals surface area contributed by atoms with E-state index in [1.54, 1.807) is 7.11 Å². The van der Waals surface area contributed by atoms with E-state index in [2.05, 4.69) is 27.3 Å². The van der Waals surface area contributed by atoms with Crippen molar-refractivity contribution < 1.29 is 41.8 Å². The minimum atomic E-state index is -3.92. The molecule has 16 heteroatoms. The van der Waals surface area contributed by atoms with Crippen molar-refractivity contribution in [1.29, 1.82) is 0 Å². The maximum atomic E-state index is 15.1. The largest absolute Gasteiger partial charge is 0.496 e. The number of aromatic nitrogens is 1. The number of ether oxygens (including phenoxy) is 3. The number of methoxy groups -OCH3 is 1. The van der Waals surface area contributed by atoms with Gasteiger partial charge in [0.1, 0.15) is 41.0 Å². The molecule has 3 saturated carbocycles. The number of alkyl carbamates (subject to hydrolysis) is 1. The molecule has 5 atom stereocenters. The number of nitrogens with zero attached hydrogens (tertiary/aromatic N) is 2. The van der Waals surface area contributed by atoms with E-state index >= 15 is 4.79 Å². The van der Waals surface area contributed by atoms with Crippen LogP contribution in [0.2, 0.25) is 0 Å². The lowest BCUT2D eigenvalue weighted by molar-refractivity contribution is -0.142.